The number of nitrogens with two attached hydrogens (primary N) is 1. The number of aliphatic hydroxyl groups is 2. The minimum Gasteiger partial charge on any atom is -0.394 e. The van der Waals surface area contributed by atoms with Crippen LogP contribution in [0.4, 0.5) is 4.39 Å². The Labute approximate surface area is 98.5 Å². The van der Waals surface area contributed by atoms with Crippen molar-refractivity contribution in [1.29, 1.82) is 0 Å². The third kappa shape index (κ3) is 4.09. The second kappa shape index (κ2) is 6.85. The monoisotopic (exact) mass is 245 g/mol. The Bertz CT molecular complexity index is 307. The van der Waals surface area contributed by atoms with E-state index in [1.54, 1.807) is 12.1 Å². The average Bonchev–Trinajstić information content (AvgIpc) is 2.31. The maximum atomic E-state index is 12.7. The van der Waals surface area contributed by atoms with Crippen molar-refractivity contribution < 1.29 is 14.6 Å². The van der Waals surface area contributed by atoms with Crippen LogP contribution in [0, 0.1) is 5.82 Å². The molecule has 0 aromatic heterocycles. The lowest BCUT2D eigenvalue weighted by Gasteiger charge is -2.16. The summed E-state index contributed by atoms with van der Waals surface area (Å²) in [5, 5.41) is 17.9. The van der Waals surface area contributed by atoms with Crippen LogP contribution in [0.3, 0.4) is 0 Å². The first-order valence-corrected chi connectivity index (χ1v) is 6.08. The second-order valence-corrected chi connectivity index (χ2v) is 4.68. The zero-order valence-electron chi connectivity index (χ0n) is 8.84. The fourth-order valence-electron chi connectivity index (χ4n) is 1.26. The molecule has 16 heavy (non-hydrogen) atoms. The Balaban J connectivity index is 2.57. The molecule has 1 aromatic rings. The molecule has 3 nitrogen and oxygen atoms in total. The van der Waals surface area contributed by atoms with Crippen LogP contribution in [-0.4, -0.2) is 35.2 Å². The van der Waals surface area contributed by atoms with E-state index in [4.69, 9.17) is 10.8 Å². The zero-order chi connectivity index (χ0) is 12.0. The molecule has 90 valence electrons. The maximum Gasteiger partial charge on any atom is 0.123 e. The summed E-state index contributed by atoms with van der Waals surface area (Å²) in [5.41, 5.74) is 6.54. The molecule has 0 aliphatic heterocycles. The van der Waals surface area contributed by atoms with E-state index in [9.17, 15) is 9.50 Å². The zero-order valence-corrected chi connectivity index (χ0v) is 9.66. The lowest BCUT2D eigenvalue weighted by Crippen LogP contribution is -2.18. The van der Waals surface area contributed by atoms with Crippen molar-refractivity contribution in [2.24, 2.45) is 5.73 Å². The van der Waals surface area contributed by atoms with Gasteiger partial charge in [0.2, 0.25) is 0 Å². The summed E-state index contributed by atoms with van der Waals surface area (Å²) in [6, 6.07) is 6.15. The van der Waals surface area contributed by atoms with Crippen LogP contribution in [0.1, 0.15) is 10.8 Å². The molecule has 0 aliphatic rings. The largest absolute Gasteiger partial charge is 0.394 e. The fraction of sp³-hybridized carbons (Fsp3) is 0.455. The highest BCUT2D eigenvalue weighted by molar-refractivity contribution is 7.99. The molecule has 1 aromatic carbocycles. The number of rotatable bonds is 6. The Hall–Kier alpha value is -0.620. The van der Waals surface area contributed by atoms with E-state index in [1.165, 1.54) is 23.9 Å². The van der Waals surface area contributed by atoms with Gasteiger partial charge in [0.25, 0.3) is 0 Å². The number of hydrogen-bond donors (Lipinski definition) is 3. The molecule has 0 saturated carbocycles. The first-order chi connectivity index (χ1) is 7.67. The van der Waals surface area contributed by atoms with E-state index in [1.807, 2.05) is 0 Å². The summed E-state index contributed by atoms with van der Waals surface area (Å²) < 4.78 is 12.7. The summed E-state index contributed by atoms with van der Waals surface area (Å²) in [5.74, 6) is 0.135. The minimum absolute atomic E-state index is 0.0156. The van der Waals surface area contributed by atoms with Gasteiger partial charge >= 0.3 is 0 Å². The average molecular weight is 245 g/mol. The Morgan fingerprint density at radius 2 is 1.94 bits per heavy atom. The van der Waals surface area contributed by atoms with Gasteiger partial charge in [-0.3, -0.25) is 0 Å². The number of halogens is 1. The van der Waals surface area contributed by atoms with Crippen molar-refractivity contribution in [3.8, 4) is 0 Å². The molecule has 0 heterocycles. The molecule has 2 atom stereocenters. The first-order valence-electron chi connectivity index (χ1n) is 5.03. The molecule has 0 radical (unpaired) electrons. The molecule has 0 bridgehead atoms. The highest BCUT2D eigenvalue weighted by atomic mass is 32.2. The van der Waals surface area contributed by atoms with Gasteiger partial charge in [0, 0.05) is 17.5 Å². The van der Waals surface area contributed by atoms with Crippen LogP contribution in [-0.2, 0) is 0 Å². The van der Waals surface area contributed by atoms with Crippen LogP contribution in [0.25, 0.3) is 0 Å². The van der Waals surface area contributed by atoms with E-state index in [2.05, 4.69) is 0 Å². The second-order valence-electron chi connectivity index (χ2n) is 3.45. The number of thioether (sulfide) groups is 1. The van der Waals surface area contributed by atoms with Crippen LogP contribution in [0.2, 0.25) is 0 Å². The van der Waals surface area contributed by atoms with E-state index in [0.29, 0.717) is 12.3 Å². The van der Waals surface area contributed by atoms with Crippen molar-refractivity contribution >= 4 is 11.8 Å². The third-order valence-electron chi connectivity index (χ3n) is 2.16. The van der Waals surface area contributed by atoms with Gasteiger partial charge in [0.05, 0.1) is 12.7 Å². The van der Waals surface area contributed by atoms with Crippen LogP contribution < -0.4 is 5.73 Å². The van der Waals surface area contributed by atoms with Gasteiger partial charge < -0.3 is 15.9 Å². The molecule has 0 fully saturated rings. The lowest BCUT2D eigenvalue weighted by atomic mass is 10.1. The Morgan fingerprint density at radius 3 is 2.44 bits per heavy atom. The van der Waals surface area contributed by atoms with E-state index < -0.39 is 6.10 Å². The third-order valence-corrected chi connectivity index (χ3v) is 3.60. The van der Waals surface area contributed by atoms with Gasteiger partial charge in [-0.15, -0.1) is 11.8 Å². The van der Waals surface area contributed by atoms with Crippen molar-refractivity contribution in [2.45, 2.75) is 11.4 Å². The predicted molar refractivity (Wildman–Crippen MR) is 63.7 cm³/mol. The molecule has 0 spiro atoms. The molecular weight excluding hydrogens is 229 g/mol. The van der Waals surface area contributed by atoms with Crippen molar-refractivity contribution in [3.63, 3.8) is 0 Å². The van der Waals surface area contributed by atoms with Crippen LogP contribution >= 0.6 is 11.8 Å². The fourth-order valence-corrected chi connectivity index (χ4v) is 2.30. The quantitative estimate of drug-likeness (QED) is 0.697. The lowest BCUT2D eigenvalue weighted by molar-refractivity contribution is 0.113. The van der Waals surface area contributed by atoms with Gasteiger partial charge in [-0.05, 0) is 17.7 Å². The summed E-state index contributed by atoms with van der Waals surface area (Å²) >= 11 is 1.46. The van der Waals surface area contributed by atoms with Crippen molar-refractivity contribution in [3.05, 3.63) is 35.6 Å². The van der Waals surface area contributed by atoms with E-state index in [-0.39, 0.29) is 17.7 Å². The molecule has 0 amide bonds. The molecule has 1 rings (SSSR count). The molecular formula is C11H16FNO2S. The van der Waals surface area contributed by atoms with E-state index in [0.717, 1.165) is 5.56 Å². The minimum atomic E-state index is -0.737. The van der Waals surface area contributed by atoms with Crippen molar-refractivity contribution in [2.75, 3.05) is 18.9 Å². The first kappa shape index (κ1) is 13.4. The predicted octanol–water partition coefficient (Wildman–Crippen LogP) is 0.912. The van der Waals surface area contributed by atoms with E-state index >= 15 is 0 Å². The van der Waals surface area contributed by atoms with Gasteiger partial charge in [-0.2, -0.15) is 0 Å². The summed E-state index contributed by atoms with van der Waals surface area (Å²) in [6.07, 6.45) is -0.737. The van der Waals surface area contributed by atoms with Gasteiger partial charge in [0.1, 0.15) is 5.82 Å². The highest BCUT2D eigenvalue weighted by Crippen LogP contribution is 2.28. The molecule has 2 unspecified atom stereocenters. The van der Waals surface area contributed by atoms with Gasteiger partial charge in [-0.25, -0.2) is 4.39 Å². The summed E-state index contributed by atoms with van der Waals surface area (Å²) in [7, 11) is 0. The topological polar surface area (TPSA) is 66.5 Å². The highest BCUT2D eigenvalue weighted by Gasteiger charge is 2.12. The molecule has 0 saturated heterocycles. The summed E-state index contributed by atoms with van der Waals surface area (Å²) in [6.45, 7) is 0.155. The van der Waals surface area contributed by atoms with Crippen LogP contribution in [0.5, 0.6) is 0 Å². The maximum absolute atomic E-state index is 12.7. The number of aliphatic hydroxyl groups excluding tert-OH is 2. The van der Waals surface area contributed by atoms with Crippen LogP contribution in [0.15, 0.2) is 24.3 Å². The number of benzene rings is 1. The number of hydrogen-bond acceptors (Lipinski definition) is 4. The molecule has 0 aliphatic carbocycles. The van der Waals surface area contributed by atoms with Crippen molar-refractivity contribution in [1.82, 2.24) is 0 Å². The molecule has 4 N–H and O–H groups in total. The molecule has 5 heteroatoms. The smallest absolute Gasteiger partial charge is 0.123 e. The SMILES string of the molecule is NCC(SCC(O)CO)c1ccc(F)cc1. The Morgan fingerprint density at radius 1 is 1.31 bits per heavy atom. The van der Waals surface area contributed by atoms with Gasteiger partial charge in [0.15, 0.2) is 0 Å². The normalized spacial score (nSPS) is 14.8. The summed E-state index contributed by atoms with van der Waals surface area (Å²) in [4.78, 5) is 0. The van der Waals surface area contributed by atoms with Gasteiger partial charge in [-0.1, -0.05) is 12.1 Å². The Kier molecular flexibility index (Phi) is 5.76. The standard InChI is InChI=1S/C11H16FNO2S/c12-9-3-1-8(2-4-9)11(5-13)16-7-10(15)6-14/h1-4,10-11,14-15H,5-7,13H2.